The van der Waals surface area contributed by atoms with E-state index in [1.54, 1.807) is 24.3 Å². The third-order valence-corrected chi connectivity index (χ3v) is 4.67. The number of ether oxygens (including phenoxy) is 2. The van der Waals surface area contributed by atoms with Crippen molar-refractivity contribution in [3.63, 3.8) is 0 Å². The Morgan fingerprint density at radius 2 is 1.26 bits per heavy atom. The number of benzene rings is 2. The second-order valence-corrected chi connectivity index (χ2v) is 7.25. The molecular weight excluding hydrogens is 444 g/mol. The zero-order chi connectivity index (χ0) is 23.6. The highest BCUT2D eigenvalue weighted by Gasteiger charge is 2.10. The molecule has 0 bridgehead atoms. The van der Waals surface area contributed by atoms with Gasteiger partial charge in [-0.25, -0.2) is 9.59 Å². The first-order chi connectivity index (χ1) is 16.7. The fourth-order valence-electron chi connectivity index (χ4n) is 3.03. The van der Waals surface area contributed by atoms with E-state index in [1.165, 1.54) is 0 Å². The molecule has 2 aromatic carbocycles. The Bertz CT molecular complexity index is 1210. The molecule has 0 aliphatic heterocycles. The van der Waals surface area contributed by atoms with Gasteiger partial charge in [0, 0.05) is 18.2 Å². The van der Waals surface area contributed by atoms with E-state index >= 15 is 0 Å². The van der Waals surface area contributed by atoms with Crippen molar-refractivity contribution in [2.45, 2.75) is 25.7 Å². The summed E-state index contributed by atoms with van der Waals surface area (Å²) in [5, 5.41) is 15.9. The number of para-hydroxylation sites is 1. The molecule has 12 nitrogen and oxygen atoms in total. The summed E-state index contributed by atoms with van der Waals surface area (Å²) in [5.74, 6) is -0.855. The summed E-state index contributed by atoms with van der Waals surface area (Å²) in [5.41, 5.74) is 2.59. The first-order valence-corrected chi connectivity index (χ1v) is 10.9. The van der Waals surface area contributed by atoms with Gasteiger partial charge in [0.15, 0.2) is 0 Å². The molecule has 4 rings (SSSR count). The molecule has 0 aliphatic carbocycles. The van der Waals surface area contributed by atoms with Gasteiger partial charge in [-0.15, -0.1) is 15.3 Å². The van der Waals surface area contributed by atoms with Crippen LogP contribution in [0.3, 0.4) is 0 Å². The minimum atomic E-state index is -0.439. The molecule has 34 heavy (non-hydrogen) atoms. The van der Waals surface area contributed by atoms with Crippen molar-refractivity contribution in [3.8, 4) is 0 Å². The molecule has 0 spiro atoms. The van der Waals surface area contributed by atoms with E-state index in [-0.39, 0.29) is 12.8 Å². The fourth-order valence-corrected chi connectivity index (χ4v) is 3.03. The van der Waals surface area contributed by atoms with Crippen molar-refractivity contribution < 1.29 is 28.7 Å². The molecule has 0 unspecified atom stereocenters. The first-order valence-electron chi connectivity index (χ1n) is 10.9. The van der Waals surface area contributed by atoms with Crippen molar-refractivity contribution in [1.29, 1.82) is 0 Å². The zero-order valence-corrected chi connectivity index (χ0v) is 18.4. The summed E-state index contributed by atoms with van der Waals surface area (Å²) < 4.78 is 10.9. The molecule has 12 heteroatoms. The van der Waals surface area contributed by atoms with E-state index in [0.717, 1.165) is 9.80 Å². The van der Waals surface area contributed by atoms with E-state index in [4.69, 9.17) is 19.1 Å². The predicted molar refractivity (Wildman–Crippen MR) is 118 cm³/mol. The lowest BCUT2D eigenvalue weighted by molar-refractivity contribution is -0.148. The molecule has 0 saturated heterocycles. The Hall–Kier alpha value is -3.90. The van der Waals surface area contributed by atoms with Gasteiger partial charge in [0.1, 0.15) is 22.1 Å². The largest absolute Gasteiger partial charge is 0.379 e. The summed E-state index contributed by atoms with van der Waals surface area (Å²) in [4.78, 5) is 36.1. The lowest BCUT2D eigenvalue weighted by Gasteiger charge is -2.06. The third kappa shape index (κ3) is 6.56. The quantitative estimate of drug-likeness (QED) is 0.209. The molecule has 0 fully saturated rings. The smallest absolute Gasteiger partial charge is 0.336 e. The van der Waals surface area contributed by atoms with Gasteiger partial charge in [0.25, 0.3) is 0 Å². The molecule has 0 atom stereocenters. The Morgan fingerprint density at radius 1 is 0.706 bits per heavy atom. The van der Waals surface area contributed by atoms with Crippen molar-refractivity contribution >= 4 is 34.0 Å². The van der Waals surface area contributed by atoms with Crippen LogP contribution in [0.5, 0.6) is 0 Å². The highest BCUT2D eigenvalue weighted by Crippen LogP contribution is 2.08. The summed E-state index contributed by atoms with van der Waals surface area (Å²) in [6.45, 7) is 1.56. The minimum Gasteiger partial charge on any atom is -0.379 e. The monoisotopic (exact) mass is 468 g/mol. The lowest BCUT2D eigenvalue weighted by atomic mass is 10.3. The second-order valence-electron chi connectivity index (χ2n) is 7.25. The van der Waals surface area contributed by atoms with Gasteiger partial charge < -0.3 is 19.1 Å². The number of aromatic nitrogens is 6. The van der Waals surface area contributed by atoms with E-state index in [0.29, 0.717) is 61.3 Å². The van der Waals surface area contributed by atoms with Crippen LogP contribution in [0.2, 0.25) is 0 Å². The zero-order valence-electron chi connectivity index (χ0n) is 18.4. The summed E-state index contributed by atoms with van der Waals surface area (Å²) in [6.07, 6.45) is 1.38. The maximum absolute atomic E-state index is 11.9. The molecule has 0 N–H and O–H groups in total. The molecule has 0 amide bonds. The molecule has 0 radical (unpaired) electrons. The van der Waals surface area contributed by atoms with Gasteiger partial charge in [-0.3, -0.25) is 0 Å². The van der Waals surface area contributed by atoms with Crippen LogP contribution in [0, 0.1) is 0 Å². The Labute approximate surface area is 194 Å². The number of fused-ring (bicyclic) bond motifs is 2. The molecule has 178 valence electrons. The van der Waals surface area contributed by atoms with E-state index < -0.39 is 11.9 Å². The molecule has 0 aliphatic rings. The first kappa shape index (κ1) is 23.3. The van der Waals surface area contributed by atoms with Gasteiger partial charge >= 0.3 is 11.9 Å². The molecule has 4 aromatic rings. The van der Waals surface area contributed by atoms with Gasteiger partial charge in [-0.2, -0.15) is 0 Å². The van der Waals surface area contributed by atoms with Gasteiger partial charge in [-0.05, 0) is 42.3 Å². The van der Waals surface area contributed by atoms with E-state index in [2.05, 4.69) is 20.5 Å². The maximum Gasteiger partial charge on any atom is 0.336 e. The van der Waals surface area contributed by atoms with Crippen LogP contribution in [-0.4, -0.2) is 68.7 Å². The van der Waals surface area contributed by atoms with Crippen molar-refractivity contribution in [1.82, 2.24) is 30.3 Å². The highest BCUT2D eigenvalue weighted by atomic mass is 16.7. The molecule has 2 heterocycles. The Balaban J connectivity index is 0.993. The summed E-state index contributed by atoms with van der Waals surface area (Å²) in [6, 6.07) is 14.4. The third-order valence-electron chi connectivity index (χ3n) is 4.67. The van der Waals surface area contributed by atoms with E-state index in [9.17, 15) is 9.59 Å². The van der Waals surface area contributed by atoms with Crippen LogP contribution in [0.15, 0.2) is 48.5 Å². The summed E-state index contributed by atoms with van der Waals surface area (Å²) in [7, 11) is 0. The van der Waals surface area contributed by atoms with Crippen molar-refractivity contribution in [2.24, 2.45) is 0 Å². The van der Waals surface area contributed by atoms with E-state index in [1.807, 2.05) is 24.3 Å². The summed E-state index contributed by atoms with van der Waals surface area (Å²) >= 11 is 0. The molecule has 2 aromatic heterocycles. The average molecular weight is 468 g/mol. The minimum absolute atomic E-state index is 0.182. The van der Waals surface area contributed by atoms with Crippen LogP contribution < -0.4 is 9.68 Å². The maximum atomic E-state index is 11.9. The molecule has 0 saturated carbocycles. The van der Waals surface area contributed by atoms with Crippen molar-refractivity contribution in [3.05, 3.63) is 48.5 Å². The SMILES string of the molecule is O=C(CCCOCCOCCCC(=O)On1nnc2ccccc21)On1nc2ccccc2n1. The van der Waals surface area contributed by atoms with Gasteiger partial charge in [0.2, 0.25) is 0 Å². The van der Waals surface area contributed by atoms with Crippen LogP contribution in [0.4, 0.5) is 0 Å². The highest BCUT2D eigenvalue weighted by molar-refractivity contribution is 5.75. The van der Waals surface area contributed by atoms with Gasteiger partial charge in [-0.1, -0.05) is 29.1 Å². The van der Waals surface area contributed by atoms with Crippen LogP contribution in [0.1, 0.15) is 25.7 Å². The Kier molecular flexibility index (Phi) is 8.08. The molecular formula is C22H24N6O6. The predicted octanol–water partition coefficient (Wildman–Crippen LogP) is 1.38. The normalized spacial score (nSPS) is 11.2. The lowest BCUT2D eigenvalue weighted by Crippen LogP contribution is -2.22. The van der Waals surface area contributed by atoms with Crippen LogP contribution >= 0.6 is 0 Å². The number of hydrogen-bond donors (Lipinski definition) is 0. The number of carbonyl (C=O) groups is 2. The fraction of sp³-hybridized carbons (Fsp3) is 0.364. The number of hydrogen-bond acceptors (Lipinski definition) is 10. The number of nitrogens with zero attached hydrogens (tertiary/aromatic N) is 6. The standard InChI is InChI=1S/C22H24N6O6/c29-21(33-27-20-10-4-3-9-19(20)23-26-27)11-5-13-31-15-16-32-14-6-12-22(30)34-28-24-17-7-1-2-8-18(17)25-28/h1-4,7-10H,5-6,11-16H2. The average Bonchev–Trinajstić information content (AvgIpc) is 3.43. The van der Waals surface area contributed by atoms with Gasteiger partial charge in [0.05, 0.1) is 26.1 Å². The second kappa shape index (κ2) is 11.8. The van der Waals surface area contributed by atoms with Crippen LogP contribution in [0.25, 0.3) is 22.1 Å². The number of rotatable bonds is 13. The Morgan fingerprint density at radius 3 is 1.91 bits per heavy atom. The number of carbonyl (C=O) groups excluding carboxylic acids is 2. The van der Waals surface area contributed by atoms with Crippen molar-refractivity contribution in [2.75, 3.05) is 26.4 Å². The topological polar surface area (TPSA) is 132 Å². The van der Waals surface area contributed by atoms with Crippen LogP contribution in [-0.2, 0) is 19.1 Å².